The Labute approximate surface area is 175 Å². The number of hydrogen-bond donors (Lipinski definition) is 1. The van der Waals surface area contributed by atoms with Crippen molar-refractivity contribution in [1.29, 1.82) is 0 Å². The molecule has 28 heavy (non-hydrogen) atoms. The number of likely N-dealkylation sites (N-methyl/N-ethyl adjacent to an activating group) is 1. The van der Waals surface area contributed by atoms with Crippen LogP contribution in [-0.4, -0.2) is 67.0 Å². The van der Waals surface area contributed by atoms with E-state index in [-0.39, 0.29) is 5.91 Å². The number of carbonyl (C=O) groups is 1. The second-order valence-electron chi connectivity index (χ2n) is 7.02. The van der Waals surface area contributed by atoms with E-state index in [9.17, 15) is 4.79 Å². The molecule has 1 aliphatic rings. The van der Waals surface area contributed by atoms with E-state index < -0.39 is 0 Å². The van der Waals surface area contributed by atoms with Crippen molar-refractivity contribution in [3.8, 4) is 5.75 Å². The Bertz CT molecular complexity index is 773. The van der Waals surface area contributed by atoms with Gasteiger partial charge in [0.1, 0.15) is 22.2 Å². The molecular formula is C20H27ClN4O2S. The molecule has 1 fully saturated rings. The van der Waals surface area contributed by atoms with Crippen molar-refractivity contribution in [2.75, 3.05) is 46.3 Å². The summed E-state index contributed by atoms with van der Waals surface area (Å²) in [5.74, 6) is 0.679. The van der Waals surface area contributed by atoms with Gasteiger partial charge in [-0.15, -0.1) is 11.3 Å². The SMILES string of the molecule is Cc1nc(COc2ccc(Cl)cc2)sc1C(=O)NCCCN1CCN(C)CC1. The van der Waals surface area contributed by atoms with E-state index in [0.29, 0.717) is 23.1 Å². The lowest BCUT2D eigenvalue weighted by Crippen LogP contribution is -2.45. The number of rotatable bonds is 8. The first-order valence-corrected chi connectivity index (χ1v) is 10.7. The maximum atomic E-state index is 12.5. The van der Waals surface area contributed by atoms with Gasteiger partial charge in [0.25, 0.3) is 5.91 Å². The zero-order chi connectivity index (χ0) is 19.9. The van der Waals surface area contributed by atoms with E-state index in [1.807, 2.05) is 19.1 Å². The number of benzene rings is 1. The van der Waals surface area contributed by atoms with E-state index in [1.54, 1.807) is 12.1 Å². The first kappa shape index (κ1) is 21.0. The van der Waals surface area contributed by atoms with Gasteiger partial charge in [-0.05, 0) is 51.2 Å². The van der Waals surface area contributed by atoms with E-state index in [0.717, 1.165) is 55.6 Å². The zero-order valence-electron chi connectivity index (χ0n) is 16.4. The number of nitrogens with one attached hydrogen (secondary N) is 1. The van der Waals surface area contributed by atoms with Gasteiger partial charge < -0.3 is 19.9 Å². The minimum Gasteiger partial charge on any atom is -0.486 e. The number of aromatic nitrogens is 1. The molecule has 152 valence electrons. The third-order valence-corrected chi connectivity index (χ3v) is 6.14. The molecule has 0 bridgehead atoms. The number of carbonyl (C=O) groups excluding carboxylic acids is 1. The van der Waals surface area contributed by atoms with Crippen molar-refractivity contribution in [2.24, 2.45) is 0 Å². The lowest BCUT2D eigenvalue weighted by molar-refractivity contribution is 0.0952. The largest absolute Gasteiger partial charge is 0.486 e. The Morgan fingerprint density at radius 2 is 1.96 bits per heavy atom. The summed E-state index contributed by atoms with van der Waals surface area (Å²) in [6, 6.07) is 7.20. The van der Waals surface area contributed by atoms with Gasteiger partial charge in [-0.2, -0.15) is 0 Å². The summed E-state index contributed by atoms with van der Waals surface area (Å²) in [6.07, 6.45) is 0.958. The average molecular weight is 423 g/mol. The first-order chi connectivity index (χ1) is 13.5. The summed E-state index contributed by atoms with van der Waals surface area (Å²) in [5, 5.41) is 4.48. The number of nitrogens with zero attached hydrogens (tertiary/aromatic N) is 3. The Balaban J connectivity index is 1.41. The highest BCUT2D eigenvalue weighted by Crippen LogP contribution is 2.21. The van der Waals surface area contributed by atoms with E-state index in [1.165, 1.54) is 11.3 Å². The molecule has 0 aliphatic carbocycles. The van der Waals surface area contributed by atoms with Gasteiger partial charge in [0.15, 0.2) is 0 Å². The zero-order valence-corrected chi connectivity index (χ0v) is 18.0. The summed E-state index contributed by atoms with van der Waals surface area (Å²) >= 11 is 7.26. The fourth-order valence-corrected chi connectivity index (χ4v) is 4.08. The van der Waals surface area contributed by atoms with Crippen molar-refractivity contribution in [3.05, 3.63) is 44.9 Å². The standard InChI is InChI=1S/C20H27ClN4O2S/c1-15-19(20(26)22-8-3-9-25-12-10-24(2)11-13-25)28-18(23-15)14-27-17-6-4-16(21)5-7-17/h4-7H,3,8-14H2,1-2H3,(H,22,26). The Morgan fingerprint density at radius 3 is 2.68 bits per heavy atom. The molecule has 0 spiro atoms. The summed E-state index contributed by atoms with van der Waals surface area (Å²) in [7, 11) is 2.16. The minimum atomic E-state index is -0.0499. The fourth-order valence-electron chi connectivity index (χ4n) is 3.06. The van der Waals surface area contributed by atoms with Gasteiger partial charge in [-0.25, -0.2) is 4.98 Å². The second kappa shape index (κ2) is 10.2. The van der Waals surface area contributed by atoms with E-state index >= 15 is 0 Å². The monoisotopic (exact) mass is 422 g/mol. The minimum absolute atomic E-state index is 0.0499. The van der Waals surface area contributed by atoms with Crippen LogP contribution in [-0.2, 0) is 6.61 Å². The van der Waals surface area contributed by atoms with Crippen LogP contribution in [0.25, 0.3) is 0 Å². The molecule has 0 radical (unpaired) electrons. The van der Waals surface area contributed by atoms with Crippen molar-refractivity contribution < 1.29 is 9.53 Å². The highest BCUT2D eigenvalue weighted by molar-refractivity contribution is 7.13. The molecule has 0 saturated carbocycles. The quantitative estimate of drug-likeness (QED) is 0.662. The lowest BCUT2D eigenvalue weighted by atomic mass is 10.3. The van der Waals surface area contributed by atoms with Crippen LogP contribution in [0.5, 0.6) is 5.75 Å². The molecule has 3 rings (SSSR count). The molecule has 1 aromatic heterocycles. The highest BCUT2D eigenvalue weighted by Gasteiger charge is 2.16. The van der Waals surface area contributed by atoms with Crippen molar-refractivity contribution in [3.63, 3.8) is 0 Å². The molecule has 2 aromatic rings. The van der Waals surface area contributed by atoms with Crippen LogP contribution >= 0.6 is 22.9 Å². The van der Waals surface area contributed by atoms with Gasteiger partial charge >= 0.3 is 0 Å². The highest BCUT2D eigenvalue weighted by atomic mass is 35.5. The summed E-state index contributed by atoms with van der Waals surface area (Å²) < 4.78 is 5.72. The number of aryl methyl sites for hydroxylation is 1. The Kier molecular flexibility index (Phi) is 7.67. The van der Waals surface area contributed by atoms with Gasteiger partial charge in [0.05, 0.1) is 5.69 Å². The molecule has 8 heteroatoms. The molecule has 0 atom stereocenters. The third kappa shape index (κ3) is 6.17. The molecule has 1 aromatic carbocycles. The second-order valence-corrected chi connectivity index (χ2v) is 8.54. The van der Waals surface area contributed by atoms with E-state index in [2.05, 4.69) is 27.1 Å². The lowest BCUT2D eigenvalue weighted by Gasteiger charge is -2.32. The van der Waals surface area contributed by atoms with Crippen molar-refractivity contribution in [2.45, 2.75) is 20.0 Å². The molecule has 1 N–H and O–H groups in total. The number of amides is 1. The van der Waals surface area contributed by atoms with E-state index in [4.69, 9.17) is 16.3 Å². The van der Waals surface area contributed by atoms with Crippen molar-refractivity contribution >= 4 is 28.8 Å². The average Bonchev–Trinajstić information content (AvgIpc) is 3.07. The van der Waals surface area contributed by atoms with Gasteiger partial charge in [0, 0.05) is 37.7 Å². The number of hydrogen-bond acceptors (Lipinski definition) is 6. The number of piperazine rings is 1. The molecular weight excluding hydrogens is 396 g/mol. The molecule has 6 nitrogen and oxygen atoms in total. The van der Waals surface area contributed by atoms with Crippen LogP contribution < -0.4 is 10.1 Å². The van der Waals surface area contributed by atoms with Gasteiger partial charge in [-0.3, -0.25) is 4.79 Å². The Hall–Kier alpha value is -1.67. The van der Waals surface area contributed by atoms with Crippen molar-refractivity contribution in [1.82, 2.24) is 20.1 Å². The summed E-state index contributed by atoms with van der Waals surface area (Å²) in [4.78, 5) is 22.4. The molecule has 2 heterocycles. The van der Waals surface area contributed by atoms with Crippen LogP contribution in [0, 0.1) is 6.92 Å². The summed E-state index contributed by atoms with van der Waals surface area (Å²) in [6.45, 7) is 8.35. The normalized spacial score (nSPS) is 15.5. The van der Waals surface area contributed by atoms with Crippen LogP contribution in [0.4, 0.5) is 0 Å². The van der Waals surface area contributed by atoms with Crippen LogP contribution in [0.1, 0.15) is 26.8 Å². The predicted octanol–water partition coefficient (Wildman–Crippen LogP) is 3.05. The fraction of sp³-hybridized carbons (Fsp3) is 0.500. The molecule has 1 amide bonds. The van der Waals surface area contributed by atoms with Crippen LogP contribution in [0.15, 0.2) is 24.3 Å². The number of thiazole rings is 1. The first-order valence-electron chi connectivity index (χ1n) is 9.55. The third-order valence-electron chi connectivity index (χ3n) is 4.76. The summed E-state index contributed by atoms with van der Waals surface area (Å²) in [5.41, 5.74) is 0.747. The maximum absolute atomic E-state index is 12.5. The molecule has 1 aliphatic heterocycles. The number of ether oxygens (including phenoxy) is 1. The van der Waals surface area contributed by atoms with Gasteiger partial charge in [0.2, 0.25) is 0 Å². The topological polar surface area (TPSA) is 57.7 Å². The molecule has 1 saturated heterocycles. The van der Waals surface area contributed by atoms with Crippen LogP contribution in [0.3, 0.4) is 0 Å². The number of halogens is 1. The Morgan fingerprint density at radius 1 is 1.25 bits per heavy atom. The van der Waals surface area contributed by atoms with Gasteiger partial charge in [-0.1, -0.05) is 11.6 Å². The predicted molar refractivity (Wildman–Crippen MR) is 114 cm³/mol. The van der Waals surface area contributed by atoms with Crippen LogP contribution in [0.2, 0.25) is 5.02 Å². The smallest absolute Gasteiger partial charge is 0.263 e. The maximum Gasteiger partial charge on any atom is 0.263 e. The molecule has 0 unspecified atom stereocenters.